The predicted molar refractivity (Wildman–Crippen MR) is 116 cm³/mol. The van der Waals surface area contributed by atoms with Crippen LogP contribution in [0, 0.1) is 11.3 Å². The standard InChI is InChI=1S/C21H15ClN6O2/c22-14-5-7-15(8-6-14)25-21(30)17-9-12-3-1-2-4-16(12)18(19(17)29)26-28-20-13(10-23)11-24-27-20/h1-9,11,26,29H,(H,25,30)(H2,24,27,28). The van der Waals surface area contributed by atoms with Crippen LogP contribution in [0.1, 0.15) is 15.9 Å². The van der Waals surface area contributed by atoms with Crippen LogP contribution in [0.5, 0.6) is 5.75 Å². The molecule has 1 aromatic heterocycles. The van der Waals surface area contributed by atoms with E-state index in [-0.39, 0.29) is 17.0 Å². The SMILES string of the molecule is N#Cc1cn[nH]c1NNc1c(O)c(C(=O)Nc2ccc(Cl)cc2)cc2ccccc12. The summed E-state index contributed by atoms with van der Waals surface area (Å²) in [5.41, 5.74) is 6.90. The van der Waals surface area contributed by atoms with Crippen molar-refractivity contribution < 1.29 is 9.90 Å². The maximum atomic E-state index is 12.8. The second-order valence-corrected chi connectivity index (χ2v) is 6.79. The summed E-state index contributed by atoms with van der Waals surface area (Å²) < 4.78 is 0. The number of hydrogen-bond donors (Lipinski definition) is 5. The van der Waals surface area contributed by atoms with Gasteiger partial charge in [0.2, 0.25) is 0 Å². The van der Waals surface area contributed by atoms with Crippen molar-refractivity contribution in [2.24, 2.45) is 0 Å². The van der Waals surface area contributed by atoms with E-state index >= 15 is 0 Å². The van der Waals surface area contributed by atoms with E-state index in [0.717, 1.165) is 5.39 Å². The number of aromatic hydroxyl groups is 1. The van der Waals surface area contributed by atoms with Gasteiger partial charge in [0.1, 0.15) is 17.3 Å². The third-order valence-electron chi connectivity index (χ3n) is 4.44. The molecule has 0 aliphatic carbocycles. The number of H-pyrrole nitrogens is 1. The van der Waals surface area contributed by atoms with Crippen molar-refractivity contribution in [1.29, 1.82) is 5.26 Å². The number of aromatic nitrogens is 2. The monoisotopic (exact) mass is 418 g/mol. The van der Waals surface area contributed by atoms with Crippen molar-refractivity contribution in [2.75, 3.05) is 16.2 Å². The van der Waals surface area contributed by atoms with E-state index < -0.39 is 5.91 Å². The Hall–Kier alpha value is -4.22. The van der Waals surface area contributed by atoms with Gasteiger partial charge in [0.25, 0.3) is 5.91 Å². The number of phenolic OH excluding ortho intramolecular Hbond substituents is 1. The van der Waals surface area contributed by atoms with Gasteiger partial charge in [-0.2, -0.15) is 10.4 Å². The number of fused-ring (bicyclic) bond motifs is 1. The highest BCUT2D eigenvalue weighted by Crippen LogP contribution is 2.36. The Labute approximate surface area is 176 Å². The molecule has 0 saturated carbocycles. The Morgan fingerprint density at radius 3 is 2.67 bits per heavy atom. The summed E-state index contributed by atoms with van der Waals surface area (Å²) in [7, 11) is 0. The molecular formula is C21H15ClN6O2. The van der Waals surface area contributed by atoms with Gasteiger partial charge in [-0.25, -0.2) is 0 Å². The van der Waals surface area contributed by atoms with Crippen molar-refractivity contribution >= 4 is 45.5 Å². The summed E-state index contributed by atoms with van der Waals surface area (Å²) in [6.45, 7) is 0. The Balaban J connectivity index is 1.70. The molecule has 148 valence electrons. The number of halogens is 1. The lowest BCUT2D eigenvalue weighted by atomic mass is 10.0. The lowest BCUT2D eigenvalue weighted by molar-refractivity contribution is 0.102. The van der Waals surface area contributed by atoms with Gasteiger partial charge in [0, 0.05) is 16.1 Å². The van der Waals surface area contributed by atoms with Crippen molar-refractivity contribution in [2.45, 2.75) is 0 Å². The van der Waals surface area contributed by atoms with Gasteiger partial charge in [-0.15, -0.1) is 0 Å². The molecule has 9 heteroatoms. The number of aromatic amines is 1. The van der Waals surface area contributed by atoms with Gasteiger partial charge in [0.15, 0.2) is 11.6 Å². The molecule has 0 saturated heterocycles. The van der Waals surface area contributed by atoms with E-state index in [9.17, 15) is 9.90 Å². The molecule has 5 N–H and O–H groups in total. The first kappa shape index (κ1) is 19.1. The van der Waals surface area contributed by atoms with Gasteiger partial charge < -0.3 is 10.4 Å². The molecule has 4 aromatic rings. The van der Waals surface area contributed by atoms with E-state index in [1.807, 2.05) is 24.3 Å². The Bertz CT molecular complexity index is 1280. The van der Waals surface area contributed by atoms with Crippen molar-refractivity contribution in [3.05, 3.63) is 76.9 Å². The van der Waals surface area contributed by atoms with E-state index in [1.54, 1.807) is 36.4 Å². The minimum absolute atomic E-state index is 0.0815. The Morgan fingerprint density at radius 2 is 1.90 bits per heavy atom. The van der Waals surface area contributed by atoms with Crippen LogP contribution in [0.2, 0.25) is 5.02 Å². The number of nitrogens with one attached hydrogen (secondary N) is 4. The molecule has 0 bridgehead atoms. The number of nitrogens with zero attached hydrogens (tertiary/aromatic N) is 2. The van der Waals surface area contributed by atoms with E-state index in [1.165, 1.54) is 6.20 Å². The molecule has 0 atom stereocenters. The smallest absolute Gasteiger partial charge is 0.259 e. The zero-order valence-corrected chi connectivity index (χ0v) is 16.2. The lowest BCUT2D eigenvalue weighted by Gasteiger charge is -2.16. The third kappa shape index (κ3) is 3.70. The van der Waals surface area contributed by atoms with Crippen LogP contribution in [0.4, 0.5) is 17.2 Å². The summed E-state index contributed by atoms with van der Waals surface area (Å²) in [4.78, 5) is 12.8. The molecule has 8 nitrogen and oxygen atoms in total. The van der Waals surface area contributed by atoms with Crippen molar-refractivity contribution in [3.63, 3.8) is 0 Å². The van der Waals surface area contributed by atoms with Gasteiger partial charge >= 0.3 is 0 Å². The average molecular weight is 419 g/mol. The molecule has 0 fully saturated rings. The highest BCUT2D eigenvalue weighted by atomic mass is 35.5. The summed E-state index contributed by atoms with van der Waals surface area (Å²) in [5.74, 6) is -0.398. The van der Waals surface area contributed by atoms with E-state index in [2.05, 4.69) is 26.4 Å². The maximum Gasteiger partial charge on any atom is 0.259 e. The first-order valence-electron chi connectivity index (χ1n) is 8.84. The number of hydrogen-bond acceptors (Lipinski definition) is 6. The number of rotatable bonds is 5. The minimum atomic E-state index is -0.483. The minimum Gasteiger partial charge on any atom is -0.505 e. The molecule has 0 spiro atoms. The fourth-order valence-electron chi connectivity index (χ4n) is 2.96. The van der Waals surface area contributed by atoms with Crippen molar-refractivity contribution in [3.8, 4) is 11.8 Å². The van der Waals surface area contributed by atoms with Crippen LogP contribution in [-0.2, 0) is 0 Å². The number of carbonyl (C=O) groups is 1. The summed E-state index contributed by atoms with van der Waals surface area (Å²) in [6, 6.07) is 17.5. The molecule has 1 heterocycles. The first-order valence-corrected chi connectivity index (χ1v) is 9.21. The van der Waals surface area contributed by atoms with Gasteiger partial charge in [-0.1, -0.05) is 35.9 Å². The molecule has 0 radical (unpaired) electrons. The zero-order valence-electron chi connectivity index (χ0n) is 15.4. The highest BCUT2D eigenvalue weighted by molar-refractivity contribution is 6.30. The second kappa shape index (κ2) is 8.03. The van der Waals surface area contributed by atoms with Crippen molar-refractivity contribution in [1.82, 2.24) is 10.2 Å². The predicted octanol–water partition coefficient (Wildman–Crippen LogP) is 4.48. The van der Waals surface area contributed by atoms with Gasteiger partial charge in [-0.05, 0) is 35.7 Å². The number of carbonyl (C=O) groups excluding carboxylic acids is 1. The molecule has 30 heavy (non-hydrogen) atoms. The van der Waals surface area contributed by atoms with Gasteiger partial charge in [-0.3, -0.25) is 20.7 Å². The number of anilines is 3. The number of phenols is 1. The lowest BCUT2D eigenvalue weighted by Crippen LogP contribution is -2.15. The van der Waals surface area contributed by atoms with Crippen LogP contribution in [0.3, 0.4) is 0 Å². The summed E-state index contributed by atoms with van der Waals surface area (Å²) in [6.07, 6.45) is 1.37. The normalized spacial score (nSPS) is 10.4. The number of hydrazine groups is 1. The van der Waals surface area contributed by atoms with Crippen LogP contribution < -0.4 is 16.2 Å². The highest BCUT2D eigenvalue weighted by Gasteiger charge is 2.19. The van der Waals surface area contributed by atoms with Crippen LogP contribution >= 0.6 is 11.6 Å². The fraction of sp³-hybridized carbons (Fsp3) is 0. The van der Waals surface area contributed by atoms with Crippen LogP contribution in [0.25, 0.3) is 10.8 Å². The summed E-state index contributed by atoms with van der Waals surface area (Å²) in [5, 5.41) is 31.1. The summed E-state index contributed by atoms with van der Waals surface area (Å²) >= 11 is 5.88. The average Bonchev–Trinajstić information content (AvgIpc) is 3.22. The maximum absolute atomic E-state index is 12.8. The zero-order chi connectivity index (χ0) is 21.1. The third-order valence-corrected chi connectivity index (χ3v) is 4.69. The second-order valence-electron chi connectivity index (χ2n) is 6.35. The molecule has 1 amide bonds. The molecule has 0 unspecified atom stereocenters. The Morgan fingerprint density at radius 1 is 1.13 bits per heavy atom. The number of nitriles is 1. The Kier molecular flexibility index (Phi) is 5.11. The quantitative estimate of drug-likeness (QED) is 0.240. The molecule has 4 rings (SSSR count). The number of amides is 1. The molecule has 0 aliphatic heterocycles. The van der Waals surface area contributed by atoms with E-state index in [0.29, 0.717) is 27.5 Å². The molecule has 3 aromatic carbocycles. The largest absolute Gasteiger partial charge is 0.505 e. The first-order chi connectivity index (χ1) is 14.6. The van der Waals surface area contributed by atoms with E-state index in [4.69, 9.17) is 16.9 Å². The van der Waals surface area contributed by atoms with Gasteiger partial charge in [0.05, 0.1) is 11.8 Å². The molecule has 0 aliphatic rings. The topological polar surface area (TPSA) is 126 Å². The van der Waals surface area contributed by atoms with Crippen LogP contribution in [0.15, 0.2) is 60.8 Å². The van der Waals surface area contributed by atoms with Crippen LogP contribution in [-0.4, -0.2) is 21.2 Å². The molecular weight excluding hydrogens is 404 g/mol. The number of benzene rings is 3. The fourth-order valence-corrected chi connectivity index (χ4v) is 3.09.